The number of carbonyl (C=O) groups excluding carboxylic acids is 1. The fraction of sp³-hybridized carbons (Fsp3) is 0.400. The molecule has 2 rings (SSSR count). The summed E-state index contributed by atoms with van der Waals surface area (Å²) < 4.78 is 6.68. The van der Waals surface area contributed by atoms with Gasteiger partial charge in [0, 0.05) is 18.9 Å². The van der Waals surface area contributed by atoms with Gasteiger partial charge in [-0.3, -0.25) is 9.48 Å². The van der Waals surface area contributed by atoms with E-state index in [1.165, 1.54) is 7.11 Å². The van der Waals surface area contributed by atoms with Crippen LogP contribution in [0.3, 0.4) is 0 Å². The Balaban J connectivity index is 2.63. The minimum Gasteiger partial charge on any atom is -0.468 e. The number of aryl methyl sites for hydroxylation is 1. The van der Waals surface area contributed by atoms with E-state index < -0.39 is 5.41 Å². The average molecular weight is 271 g/mol. The van der Waals surface area contributed by atoms with Crippen LogP contribution in [0.2, 0.25) is 0 Å². The van der Waals surface area contributed by atoms with Gasteiger partial charge in [-0.2, -0.15) is 10.4 Å². The van der Waals surface area contributed by atoms with Crippen molar-refractivity contribution in [1.29, 1.82) is 5.26 Å². The third-order valence-corrected chi connectivity index (χ3v) is 3.65. The van der Waals surface area contributed by atoms with Crippen molar-refractivity contribution in [1.82, 2.24) is 9.78 Å². The van der Waals surface area contributed by atoms with Crippen LogP contribution in [-0.4, -0.2) is 22.9 Å². The lowest BCUT2D eigenvalue weighted by molar-refractivity contribution is -0.147. The molecule has 0 radical (unpaired) electrons. The normalized spacial score (nSPS) is 13.7. The summed E-state index contributed by atoms with van der Waals surface area (Å²) in [5, 5.41) is 14.2. The molecule has 0 fully saturated rings. The Labute approximate surface area is 117 Å². The van der Waals surface area contributed by atoms with Crippen molar-refractivity contribution in [2.45, 2.75) is 25.2 Å². The highest BCUT2D eigenvalue weighted by molar-refractivity contribution is 5.91. The molecule has 20 heavy (non-hydrogen) atoms. The first-order chi connectivity index (χ1) is 9.54. The van der Waals surface area contributed by atoms with Crippen LogP contribution < -0.4 is 0 Å². The predicted octanol–water partition coefficient (Wildman–Crippen LogP) is 2.31. The predicted molar refractivity (Wildman–Crippen MR) is 74.9 cm³/mol. The molecule has 0 N–H and O–H groups in total. The molecule has 5 nitrogen and oxygen atoms in total. The van der Waals surface area contributed by atoms with Crippen LogP contribution >= 0.6 is 0 Å². The lowest BCUT2D eigenvalue weighted by Gasteiger charge is -2.24. The number of benzene rings is 1. The monoisotopic (exact) mass is 271 g/mol. The van der Waals surface area contributed by atoms with Gasteiger partial charge in [0.15, 0.2) is 0 Å². The smallest absolute Gasteiger partial charge is 0.317 e. The molecular formula is C15H17N3O2. The number of carbonyl (C=O) groups is 1. The molecule has 1 unspecified atom stereocenters. The summed E-state index contributed by atoms with van der Waals surface area (Å²) in [6.45, 7) is 1.78. The Morgan fingerprint density at radius 1 is 1.50 bits per heavy atom. The van der Waals surface area contributed by atoms with Gasteiger partial charge in [-0.25, -0.2) is 0 Å². The summed E-state index contributed by atoms with van der Waals surface area (Å²) >= 11 is 0. The number of methoxy groups -OCH3 is 1. The number of hydrogen-bond donors (Lipinski definition) is 0. The molecule has 5 heteroatoms. The first kappa shape index (κ1) is 14.1. The zero-order valence-corrected chi connectivity index (χ0v) is 11.9. The van der Waals surface area contributed by atoms with Crippen LogP contribution in [0, 0.1) is 11.3 Å². The minimum absolute atomic E-state index is 0.274. The number of fused-ring (bicyclic) bond motifs is 1. The highest BCUT2D eigenvalue weighted by Gasteiger charge is 2.40. The van der Waals surface area contributed by atoms with E-state index in [9.17, 15) is 4.79 Å². The number of para-hydroxylation sites is 1. The van der Waals surface area contributed by atoms with Gasteiger partial charge in [-0.15, -0.1) is 0 Å². The molecular weight excluding hydrogens is 254 g/mol. The molecule has 0 saturated heterocycles. The Hall–Kier alpha value is -2.35. The van der Waals surface area contributed by atoms with E-state index in [-0.39, 0.29) is 12.4 Å². The topological polar surface area (TPSA) is 67.9 Å². The Morgan fingerprint density at radius 3 is 2.85 bits per heavy atom. The van der Waals surface area contributed by atoms with Crippen LogP contribution in [-0.2, 0) is 22.0 Å². The van der Waals surface area contributed by atoms with Gasteiger partial charge >= 0.3 is 5.97 Å². The number of aromatic nitrogens is 2. The maximum absolute atomic E-state index is 12.2. The third kappa shape index (κ3) is 2.14. The highest BCUT2D eigenvalue weighted by Crippen LogP contribution is 2.34. The summed E-state index contributed by atoms with van der Waals surface area (Å²) in [4.78, 5) is 12.2. The zero-order chi connectivity index (χ0) is 14.8. The molecule has 1 atom stereocenters. The van der Waals surface area contributed by atoms with Crippen LogP contribution in [0.4, 0.5) is 0 Å². The Morgan fingerprint density at radius 2 is 2.20 bits per heavy atom. The summed E-state index contributed by atoms with van der Waals surface area (Å²) in [6, 6.07) is 9.81. The maximum atomic E-state index is 12.2. The SMILES string of the molecule is COC(=O)C(C)(CCC#N)c1nn(C)c2ccccc12. The summed E-state index contributed by atoms with van der Waals surface area (Å²) in [7, 11) is 3.20. The van der Waals surface area contributed by atoms with Gasteiger partial charge in [0.2, 0.25) is 0 Å². The maximum Gasteiger partial charge on any atom is 0.317 e. The molecule has 0 amide bonds. The summed E-state index contributed by atoms with van der Waals surface area (Å²) in [5.74, 6) is -0.364. The van der Waals surface area contributed by atoms with E-state index in [0.29, 0.717) is 12.1 Å². The van der Waals surface area contributed by atoms with Crippen molar-refractivity contribution >= 4 is 16.9 Å². The molecule has 1 heterocycles. The molecule has 1 aromatic heterocycles. The second-order valence-corrected chi connectivity index (χ2v) is 4.97. The van der Waals surface area contributed by atoms with Gasteiger partial charge in [0.1, 0.15) is 5.41 Å². The number of nitrogens with zero attached hydrogens (tertiary/aromatic N) is 3. The van der Waals surface area contributed by atoms with Gasteiger partial charge in [0.25, 0.3) is 0 Å². The van der Waals surface area contributed by atoms with E-state index in [4.69, 9.17) is 10.00 Å². The number of hydrogen-bond acceptors (Lipinski definition) is 4. The third-order valence-electron chi connectivity index (χ3n) is 3.65. The van der Waals surface area contributed by atoms with Crippen LogP contribution in [0.15, 0.2) is 24.3 Å². The number of nitriles is 1. The van der Waals surface area contributed by atoms with E-state index in [1.807, 2.05) is 31.3 Å². The van der Waals surface area contributed by atoms with Crippen molar-refractivity contribution < 1.29 is 9.53 Å². The van der Waals surface area contributed by atoms with Crippen LogP contribution in [0.1, 0.15) is 25.5 Å². The number of esters is 1. The molecule has 0 bridgehead atoms. The van der Waals surface area contributed by atoms with Crippen molar-refractivity contribution in [3.63, 3.8) is 0 Å². The summed E-state index contributed by atoms with van der Waals surface area (Å²) in [5.41, 5.74) is 0.706. The van der Waals surface area contributed by atoms with Crippen molar-refractivity contribution in [2.24, 2.45) is 7.05 Å². The molecule has 0 aliphatic rings. The largest absolute Gasteiger partial charge is 0.468 e. The first-order valence-electron chi connectivity index (χ1n) is 6.42. The van der Waals surface area contributed by atoms with Crippen LogP contribution in [0.25, 0.3) is 10.9 Å². The van der Waals surface area contributed by atoms with E-state index in [2.05, 4.69) is 11.2 Å². The fourth-order valence-electron chi connectivity index (χ4n) is 2.47. The number of ether oxygens (including phenoxy) is 1. The van der Waals surface area contributed by atoms with Gasteiger partial charge in [-0.1, -0.05) is 18.2 Å². The first-order valence-corrected chi connectivity index (χ1v) is 6.42. The van der Waals surface area contributed by atoms with Crippen molar-refractivity contribution in [3.8, 4) is 6.07 Å². The molecule has 0 aliphatic carbocycles. The lowest BCUT2D eigenvalue weighted by Crippen LogP contribution is -2.34. The minimum atomic E-state index is -0.911. The quantitative estimate of drug-likeness (QED) is 0.800. The van der Waals surface area contributed by atoms with E-state index in [1.54, 1.807) is 11.6 Å². The lowest BCUT2D eigenvalue weighted by atomic mass is 9.81. The molecule has 0 saturated carbocycles. The van der Waals surface area contributed by atoms with Crippen LogP contribution in [0.5, 0.6) is 0 Å². The van der Waals surface area contributed by atoms with Crippen molar-refractivity contribution in [2.75, 3.05) is 7.11 Å². The van der Waals surface area contributed by atoms with E-state index >= 15 is 0 Å². The molecule has 0 aliphatic heterocycles. The Bertz CT molecular complexity index is 684. The average Bonchev–Trinajstić information content (AvgIpc) is 2.82. The second kappa shape index (κ2) is 5.33. The fourth-order valence-corrected chi connectivity index (χ4v) is 2.47. The number of rotatable bonds is 4. The highest BCUT2D eigenvalue weighted by atomic mass is 16.5. The standard InChI is InChI=1S/C15H17N3O2/c1-15(9-6-10-16,14(19)20-3)13-11-7-4-5-8-12(11)18(2)17-13/h4-5,7-8H,6,9H2,1-3H3. The Kier molecular flexibility index (Phi) is 3.75. The van der Waals surface area contributed by atoms with Gasteiger partial charge < -0.3 is 4.74 Å². The molecule has 0 spiro atoms. The zero-order valence-electron chi connectivity index (χ0n) is 11.9. The molecule has 104 valence electrons. The molecule has 1 aromatic carbocycles. The van der Waals surface area contributed by atoms with Crippen molar-refractivity contribution in [3.05, 3.63) is 30.0 Å². The summed E-state index contributed by atoms with van der Waals surface area (Å²) in [6.07, 6.45) is 0.660. The van der Waals surface area contributed by atoms with Gasteiger partial charge in [-0.05, 0) is 19.4 Å². The second-order valence-electron chi connectivity index (χ2n) is 4.97. The van der Waals surface area contributed by atoms with Gasteiger partial charge in [0.05, 0.1) is 24.4 Å². The van der Waals surface area contributed by atoms with E-state index in [0.717, 1.165) is 10.9 Å². The molecule has 2 aromatic rings.